The van der Waals surface area contributed by atoms with E-state index in [-0.39, 0.29) is 6.54 Å². The summed E-state index contributed by atoms with van der Waals surface area (Å²) in [7, 11) is 0. The van der Waals surface area contributed by atoms with Crippen LogP contribution in [0.3, 0.4) is 0 Å². The molecule has 1 saturated heterocycles. The van der Waals surface area contributed by atoms with Gasteiger partial charge < -0.3 is 10.1 Å². The zero-order valence-electron chi connectivity index (χ0n) is 18.9. The summed E-state index contributed by atoms with van der Waals surface area (Å²) in [6, 6.07) is 19.8. The first-order valence-electron chi connectivity index (χ1n) is 10.4. The van der Waals surface area contributed by atoms with Crippen LogP contribution in [0.1, 0.15) is 25.0 Å². The van der Waals surface area contributed by atoms with Gasteiger partial charge in [0.1, 0.15) is 6.54 Å². The number of amides is 1. The third kappa shape index (κ3) is 13.1. The summed E-state index contributed by atoms with van der Waals surface area (Å²) < 4.78 is 6.98. The number of rotatable bonds is 6. The van der Waals surface area contributed by atoms with E-state index in [2.05, 4.69) is 83.3 Å². The van der Waals surface area contributed by atoms with E-state index in [0.29, 0.717) is 19.1 Å². The van der Waals surface area contributed by atoms with Gasteiger partial charge >= 0.3 is 5.97 Å². The summed E-state index contributed by atoms with van der Waals surface area (Å²) in [5, 5.41) is 2.18. The molecule has 0 aliphatic carbocycles. The molecule has 170 valence electrons. The summed E-state index contributed by atoms with van der Waals surface area (Å²) in [6.07, 6.45) is 0.455. The Morgan fingerprint density at radius 3 is 2.32 bits per heavy atom. The molecule has 1 amide bonds. The van der Waals surface area contributed by atoms with Crippen molar-refractivity contribution in [3.05, 3.63) is 65.7 Å². The molecule has 1 atom stereocenters. The second-order valence-electron chi connectivity index (χ2n) is 6.93. The molecule has 0 radical (unpaired) electrons. The van der Waals surface area contributed by atoms with Gasteiger partial charge in [0.15, 0.2) is 0 Å². The molecule has 31 heavy (non-hydrogen) atoms. The fraction of sp³-hybridized carbons (Fsp3) is 0.417. The summed E-state index contributed by atoms with van der Waals surface area (Å²) >= 11 is 3.97. The number of ether oxygens (including phenoxy) is 1. The Balaban J connectivity index is 0.000000257. The van der Waals surface area contributed by atoms with Crippen LogP contribution in [-0.2, 0) is 14.3 Å². The minimum atomic E-state index is -0.412. The first-order chi connectivity index (χ1) is 15.0. The first-order valence-corrected chi connectivity index (χ1v) is 12.3. The Labute approximate surface area is 195 Å². The van der Waals surface area contributed by atoms with Crippen molar-refractivity contribution >= 4 is 36.1 Å². The molecule has 0 saturated carbocycles. The minimum absolute atomic E-state index is 0.0443. The molecule has 1 unspecified atom stereocenters. The Hall–Kier alpha value is -1.96. The van der Waals surface area contributed by atoms with E-state index in [1.807, 2.05) is 30.1 Å². The topological polar surface area (TPSA) is 58.6 Å². The van der Waals surface area contributed by atoms with Gasteiger partial charge in [0.2, 0.25) is 6.41 Å². The molecule has 1 fully saturated rings. The molecule has 5 nitrogen and oxygen atoms in total. The molecular weight excluding hydrogens is 428 g/mol. The van der Waals surface area contributed by atoms with Gasteiger partial charge in [0.25, 0.3) is 0 Å². The van der Waals surface area contributed by atoms with Gasteiger partial charge in [-0.15, -0.1) is 0 Å². The van der Waals surface area contributed by atoms with Crippen LogP contribution in [-0.4, -0.2) is 53.9 Å². The van der Waals surface area contributed by atoms with Gasteiger partial charge in [-0.25, -0.2) is 4.31 Å². The van der Waals surface area contributed by atoms with Gasteiger partial charge in [-0.05, 0) is 51.8 Å². The van der Waals surface area contributed by atoms with E-state index < -0.39 is 5.97 Å². The van der Waals surface area contributed by atoms with Gasteiger partial charge in [-0.1, -0.05) is 53.6 Å². The number of nitrogens with one attached hydrogen (secondary N) is 1. The minimum Gasteiger partial charge on any atom is -0.465 e. The third-order valence-corrected chi connectivity index (χ3v) is 6.58. The fourth-order valence-corrected chi connectivity index (χ4v) is 4.64. The van der Waals surface area contributed by atoms with Crippen molar-refractivity contribution in [2.24, 2.45) is 0 Å². The average molecular weight is 463 g/mol. The third-order valence-electron chi connectivity index (χ3n) is 4.13. The maximum atomic E-state index is 10.4. The predicted molar refractivity (Wildman–Crippen MR) is 132 cm³/mol. The van der Waals surface area contributed by atoms with E-state index in [4.69, 9.17) is 0 Å². The number of thioether (sulfide) groups is 1. The van der Waals surface area contributed by atoms with E-state index in [9.17, 15) is 9.59 Å². The van der Waals surface area contributed by atoms with Crippen LogP contribution < -0.4 is 5.32 Å². The number of aryl methyl sites for hydroxylation is 2. The summed E-state index contributed by atoms with van der Waals surface area (Å²) in [4.78, 5) is 21.3. The van der Waals surface area contributed by atoms with Crippen molar-refractivity contribution in [2.45, 2.75) is 38.6 Å². The Morgan fingerprint density at radius 2 is 1.81 bits per heavy atom. The van der Waals surface area contributed by atoms with Crippen LogP contribution in [0.2, 0.25) is 0 Å². The van der Waals surface area contributed by atoms with Crippen molar-refractivity contribution < 1.29 is 14.3 Å². The largest absolute Gasteiger partial charge is 0.465 e. The number of hydrogen-bond donors (Lipinski definition) is 1. The number of benzene rings is 2. The Morgan fingerprint density at radius 1 is 1.16 bits per heavy atom. The number of nitrogens with zero attached hydrogens (tertiary/aromatic N) is 1. The van der Waals surface area contributed by atoms with E-state index in [1.165, 1.54) is 34.1 Å². The van der Waals surface area contributed by atoms with Crippen LogP contribution in [0, 0.1) is 13.8 Å². The number of carbonyl (C=O) groups is 2. The highest BCUT2D eigenvalue weighted by Crippen LogP contribution is 2.29. The smallest absolute Gasteiger partial charge is 0.325 e. The molecule has 7 heteroatoms. The molecular formula is C24H34N2O3S2. The SMILES string of the molecule is CCOC(=O)CNC=O.Cc1ccc(SN2CCSCC2C)cc1.Cc1ccccc1. The maximum Gasteiger partial charge on any atom is 0.325 e. The Bertz CT molecular complexity index is 742. The predicted octanol–water partition coefficient (Wildman–Crippen LogP) is 4.73. The summed E-state index contributed by atoms with van der Waals surface area (Å²) in [5.74, 6) is 2.12. The first kappa shape index (κ1) is 27.1. The highest BCUT2D eigenvalue weighted by Gasteiger charge is 2.19. The van der Waals surface area contributed by atoms with Crippen molar-refractivity contribution in [2.75, 3.05) is 31.2 Å². The zero-order valence-corrected chi connectivity index (χ0v) is 20.5. The van der Waals surface area contributed by atoms with Crippen molar-refractivity contribution in [3.8, 4) is 0 Å². The van der Waals surface area contributed by atoms with Gasteiger partial charge in [-0.3, -0.25) is 9.59 Å². The number of carbonyl (C=O) groups excluding carboxylic acids is 2. The van der Waals surface area contributed by atoms with Crippen LogP contribution in [0.5, 0.6) is 0 Å². The number of hydrogen-bond acceptors (Lipinski definition) is 6. The quantitative estimate of drug-likeness (QED) is 0.380. The van der Waals surface area contributed by atoms with Crippen LogP contribution in [0.25, 0.3) is 0 Å². The average Bonchev–Trinajstić information content (AvgIpc) is 2.77. The van der Waals surface area contributed by atoms with E-state index in [0.717, 1.165) is 0 Å². The van der Waals surface area contributed by atoms with Gasteiger partial charge in [-0.2, -0.15) is 11.8 Å². The van der Waals surface area contributed by atoms with Crippen molar-refractivity contribution in [1.82, 2.24) is 9.62 Å². The normalized spacial score (nSPS) is 15.4. The molecule has 0 aromatic heterocycles. The summed E-state index contributed by atoms with van der Waals surface area (Å²) in [5.41, 5.74) is 2.66. The van der Waals surface area contributed by atoms with Crippen molar-refractivity contribution in [3.63, 3.8) is 0 Å². The number of esters is 1. The molecule has 1 aliphatic rings. The highest BCUT2D eigenvalue weighted by atomic mass is 32.2. The standard InChI is InChI=1S/C12H17NS2.C7H8.C5H9NO3/c1-10-3-5-12(6-4-10)15-13-7-8-14-9-11(13)2;1-7-5-3-2-4-6-7;1-2-9-5(8)3-6-4-7/h3-6,11H,7-9H2,1-2H3;2-6H,1H3;4H,2-3H2,1H3,(H,6,7). The van der Waals surface area contributed by atoms with Gasteiger partial charge in [0.05, 0.1) is 6.61 Å². The highest BCUT2D eigenvalue weighted by molar-refractivity contribution is 8.00. The molecule has 0 bridgehead atoms. The second-order valence-corrected chi connectivity index (χ2v) is 9.20. The van der Waals surface area contributed by atoms with E-state index in [1.54, 1.807) is 6.92 Å². The molecule has 1 N–H and O–H groups in total. The molecule has 2 aromatic rings. The second kappa shape index (κ2) is 16.7. The monoisotopic (exact) mass is 462 g/mol. The van der Waals surface area contributed by atoms with E-state index >= 15 is 0 Å². The molecule has 0 spiro atoms. The van der Waals surface area contributed by atoms with Crippen LogP contribution >= 0.6 is 23.7 Å². The molecule has 2 aromatic carbocycles. The molecule has 1 aliphatic heterocycles. The lowest BCUT2D eigenvalue weighted by Crippen LogP contribution is -2.34. The molecule has 1 heterocycles. The van der Waals surface area contributed by atoms with Crippen LogP contribution in [0.4, 0.5) is 0 Å². The lowest BCUT2D eigenvalue weighted by atomic mass is 10.2. The fourth-order valence-electron chi connectivity index (χ4n) is 2.45. The van der Waals surface area contributed by atoms with Crippen molar-refractivity contribution in [1.29, 1.82) is 0 Å². The van der Waals surface area contributed by atoms with Gasteiger partial charge in [0, 0.05) is 29.0 Å². The lowest BCUT2D eigenvalue weighted by molar-refractivity contribution is -0.142. The molecule has 3 rings (SSSR count). The zero-order chi connectivity index (χ0) is 22.9. The summed E-state index contributed by atoms with van der Waals surface area (Å²) in [6.45, 7) is 9.74. The Kier molecular flexibility index (Phi) is 14.6. The maximum absolute atomic E-state index is 10.4. The lowest BCUT2D eigenvalue weighted by Gasteiger charge is -2.31. The van der Waals surface area contributed by atoms with Crippen LogP contribution in [0.15, 0.2) is 59.5 Å².